The normalized spacial score (nSPS) is 16.9. The van der Waals surface area contributed by atoms with Crippen LogP contribution in [0.1, 0.15) is 18.4 Å². The van der Waals surface area contributed by atoms with Crippen molar-refractivity contribution in [3.05, 3.63) is 40.5 Å². The van der Waals surface area contributed by atoms with Gasteiger partial charge in [-0.2, -0.15) is 0 Å². The predicted molar refractivity (Wildman–Crippen MR) is 43.0 cm³/mol. The Morgan fingerprint density at radius 3 is 2.64 bits per heavy atom. The summed E-state index contributed by atoms with van der Waals surface area (Å²) in [5, 5.41) is 0.224. The summed E-state index contributed by atoms with van der Waals surface area (Å²) in [6.07, 6.45) is 2.05. The molecule has 0 N–H and O–H groups in total. The molecule has 0 amide bonds. The third kappa shape index (κ3) is 1.25. The molecule has 1 aromatic carbocycles. The van der Waals surface area contributed by atoms with E-state index in [1.165, 1.54) is 5.92 Å². The van der Waals surface area contributed by atoms with Crippen molar-refractivity contribution in [2.24, 2.45) is 0 Å². The lowest BCUT2D eigenvalue weighted by Gasteiger charge is -2.00. The summed E-state index contributed by atoms with van der Waals surface area (Å²) in [7, 11) is 0. The molecular weight excluding hydrogens is 163 g/mol. The van der Waals surface area contributed by atoms with Gasteiger partial charge in [0.05, 0.1) is 5.02 Å². The molecule has 0 saturated heterocycles. The van der Waals surface area contributed by atoms with E-state index in [4.69, 9.17) is 11.6 Å². The summed E-state index contributed by atoms with van der Waals surface area (Å²) < 4.78 is 13.1. The third-order valence-electron chi connectivity index (χ3n) is 1.83. The van der Waals surface area contributed by atoms with Crippen LogP contribution in [0.3, 0.4) is 0 Å². The van der Waals surface area contributed by atoms with Gasteiger partial charge in [-0.15, -0.1) is 0 Å². The SMILES string of the molecule is Fc1c(Cl)cccc1[C]1CC1. The molecule has 0 atom stereocenters. The van der Waals surface area contributed by atoms with Crippen LogP contribution in [-0.2, 0) is 0 Å². The zero-order chi connectivity index (χ0) is 7.84. The largest absolute Gasteiger partial charge is 0.205 e. The van der Waals surface area contributed by atoms with Crippen LogP contribution in [0, 0.1) is 11.7 Å². The lowest BCUT2D eigenvalue weighted by atomic mass is 10.1. The second kappa shape index (κ2) is 2.49. The van der Waals surface area contributed by atoms with E-state index >= 15 is 0 Å². The number of rotatable bonds is 1. The topological polar surface area (TPSA) is 0 Å². The van der Waals surface area contributed by atoms with Crippen LogP contribution in [0.2, 0.25) is 5.02 Å². The molecule has 2 heteroatoms. The lowest BCUT2D eigenvalue weighted by molar-refractivity contribution is 0.620. The Kier molecular flexibility index (Phi) is 1.61. The van der Waals surface area contributed by atoms with Crippen LogP contribution in [0.15, 0.2) is 18.2 Å². The summed E-state index contributed by atoms with van der Waals surface area (Å²) in [6.45, 7) is 0. The van der Waals surface area contributed by atoms with Crippen LogP contribution in [-0.4, -0.2) is 0 Å². The lowest BCUT2D eigenvalue weighted by Crippen LogP contribution is -1.87. The Balaban J connectivity index is 2.45. The maximum Gasteiger partial charge on any atom is 0.145 e. The van der Waals surface area contributed by atoms with E-state index in [0.717, 1.165) is 12.8 Å². The predicted octanol–water partition coefficient (Wildman–Crippen LogP) is 3.20. The van der Waals surface area contributed by atoms with Crippen molar-refractivity contribution in [2.45, 2.75) is 12.8 Å². The van der Waals surface area contributed by atoms with Gasteiger partial charge in [0.25, 0.3) is 0 Å². The fourth-order valence-corrected chi connectivity index (χ4v) is 1.28. The molecule has 1 saturated carbocycles. The van der Waals surface area contributed by atoms with Gasteiger partial charge in [0.2, 0.25) is 0 Å². The monoisotopic (exact) mass is 169 g/mol. The van der Waals surface area contributed by atoms with Crippen molar-refractivity contribution in [1.29, 1.82) is 0 Å². The summed E-state index contributed by atoms with van der Waals surface area (Å²) >= 11 is 5.60. The molecule has 2 rings (SSSR count). The van der Waals surface area contributed by atoms with Crippen molar-refractivity contribution in [3.8, 4) is 0 Å². The van der Waals surface area contributed by atoms with E-state index in [2.05, 4.69) is 0 Å². The van der Waals surface area contributed by atoms with Gasteiger partial charge >= 0.3 is 0 Å². The van der Waals surface area contributed by atoms with E-state index < -0.39 is 0 Å². The van der Waals surface area contributed by atoms with Crippen molar-refractivity contribution in [3.63, 3.8) is 0 Å². The smallest absolute Gasteiger partial charge is 0.145 e. The molecule has 1 aliphatic rings. The summed E-state index contributed by atoms with van der Waals surface area (Å²) in [5.74, 6) is 0.923. The van der Waals surface area contributed by atoms with Crippen LogP contribution >= 0.6 is 11.6 Å². The standard InChI is InChI=1S/C9H7ClF/c10-8-3-1-2-7(9(8)11)6-4-5-6/h1-3H,4-5H2. The molecule has 1 fully saturated rings. The molecule has 0 unspecified atom stereocenters. The first-order valence-electron chi connectivity index (χ1n) is 3.58. The highest BCUT2D eigenvalue weighted by Crippen LogP contribution is 2.41. The fraction of sp³-hybridized carbons (Fsp3) is 0.222. The first kappa shape index (κ1) is 7.11. The Morgan fingerprint density at radius 2 is 2.00 bits per heavy atom. The fourth-order valence-electron chi connectivity index (χ4n) is 1.11. The molecule has 0 aromatic heterocycles. The zero-order valence-electron chi connectivity index (χ0n) is 5.90. The maximum atomic E-state index is 13.1. The van der Waals surface area contributed by atoms with Crippen LogP contribution in [0.25, 0.3) is 0 Å². The Morgan fingerprint density at radius 1 is 1.27 bits per heavy atom. The van der Waals surface area contributed by atoms with Gasteiger partial charge in [0.15, 0.2) is 0 Å². The number of halogens is 2. The van der Waals surface area contributed by atoms with Gasteiger partial charge in [-0.1, -0.05) is 23.7 Å². The first-order valence-corrected chi connectivity index (χ1v) is 3.96. The van der Waals surface area contributed by atoms with Gasteiger partial charge < -0.3 is 0 Å². The Labute approximate surface area is 70.0 Å². The van der Waals surface area contributed by atoms with Gasteiger partial charge in [0.1, 0.15) is 5.82 Å². The third-order valence-corrected chi connectivity index (χ3v) is 2.12. The van der Waals surface area contributed by atoms with Crippen LogP contribution in [0.4, 0.5) is 4.39 Å². The number of benzene rings is 1. The first-order chi connectivity index (χ1) is 5.29. The van der Waals surface area contributed by atoms with Crippen molar-refractivity contribution in [1.82, 2.24) is 0 Å². The second-order valence-corrected chi connectivity index (χ2v) is 3.11. The van der Waals surface area contributed by atoms with Crippen molar-refractivity contribution >= 4 is 11.6 Å². The summed E-state index contributed by atoms with van der Waals surface area (Å²) in [4.78, 5) is 0. The molecule has 1 radical (unpaired) electrons. The minimum absolute atomic E-state index is 0.224. The van der Waals surface area contributed by atoms with Gasteiger partial charge in [-0.05, 0) is 24.5 Å². The average molecular weight is 170 g/mol. The Hall–Kier alpha value is -0.560. The molecule has 0 nitrogen and oxygen atoms in total. The zero-order valence-corrected chi connectivity index (χ0v) is 6.66. The Bertz CT molecular complexity index is 279. The minimum Gasteiger partial charge on any atom is -0.205 e. The van der Waals surface area contributed by atoms with Gasteiger partial charge in [-0.25, -0.2) is 4.39 Å². The highest BCUT2D eigenvalue weighted by Gasteiger charge is 2.27. The molecule has 1 aliphatic carbocycles. The average Bonchev–Trinajstić information content (AvgIpc) is 2.77. The van der Waals surface area contributed by atoms with E-state index in [9.17, 15) is 4.39 Å². The molecule has 0 heterocycles. The van der Waals surface area contributed by atoms with Gasteiger partial charge in [0, 0.05) is 5.92 Å². The molecule has 0 aliphatic heterocycles. The highest BCUT2D eigenvalue weighted by atomic mass is 35.5. The van der Waals surface area contributed by atoms with E-state index in [0.29, 0.717) is 5.56 Å². The number of hydrogen-bond acceptors (Lipinski definition) is 0. The van der Waals surface area contributed by atoms with E-state index in [1.54, 1.807) is 18.2 Å². The van der Waals surface area contributed by atoms with Gasteiger partial charge in [-0.3, -0.25) is 0 Å². The van der Waals surface area contributed by atoms with Crippen LogP contribution < -0.4 is 0 Å². The molecular formula is C9H7ClF. The summed E-state index contributed by atoms with van der Waals surface area (Å²) in [5.41, 5.74) is 0.706. The molecule has 11 heavy (non-hydrogen) atoms. The van der Waals surface area contributed by atoms with Crippen molar-refractivity contribution in [2.75, 3.05) is 0 Å². The highest BCUT2D eigenvalue weighted by molar-refractivity contribution is 6.30. The number of hydrogen-bond donors (Lipinski definition) is 0. The van der Waals surface area contributed by atoms with Crippen LogP contribution in [0.5, 0.6) is 0 Å². The maximum absolute atomic E-state index is 13.1. The quantitative estimate of drug-likeness (QED) is 0.606. The van der Waals surface area contributed by atoms with Crippen molar-refractivity contribution < 1.29 is 4.39 Å². The minimum atomic E-state index is -0.262. The summed E-state index contributed by atoms with van der Waals surface area (Å²) in [6, 6.07) is 5.14. The van der Waals surface area contributed by atoms with E-state index in [1.807, 2.05) is 0 Å². The molecule has 1 aromatic rings. The molecule has 0 bridgehead atoms. The molecule has 0 spiro atoms. The van der Waals surface area contributed by atoms with E-state index in [-0.39, 0.29) is 10.8 Å². The second-order valence-electron chi connectivity index (χ2n) is 2.70. The molecule has 57 valence electrons.